The second-order valence-electron chi connectivity index (χ2n) is 2.96. The summed E-state index contributed by atoms with van der Waals surface area (Å²) < 4.78 is 4.93. The summed E-state index contributed by atoms with van der Waals surface area (Å²) in [6.45, 7) is 6.04. The van der Waals surface area contributed by atoms with Gasteiger partial charge in [0.05, 0.1) is 6.61 Å². The van der Waals surface area contributed by atoms with Crippen LogP contribution < -0.4 is 0 Å². The Morgan fingerprint density at radius 1 is 1.46 bits per heavy atom. The molecule has 13 heavy (non-hydrogen) atoms. The maximum absolute atomic E-state index is 11.4. The van der Waals surface area contributed by atoms with E-state index in [4.69, 9.17) is 4.74 Å². The maximum atomic E-state index is 11.4. The van der Waals surface area contributed by atoms with Crippen LogP contribution in [0.1, 0.15) is 27.2 Å². The largest absolute Gasteiger partial charge is 0.449 e. The number of nitrogens with zero attached hydrogens (tertiary/aromatic N) is 1. The smallest absolute Gasteiger partial charge is 0.418 e. The highest BCUT2D eigenvalue weighted by molar-refractivity contribution is 5.72. The van der Waals surface area contributed by atoms with E-state index in [1.165, 1.54) is 0 Å². The molecule has 0 bridgehead atoms. The monoisotopic (exact) mass is 181 g/mol. The molecule has 0 unspecified atom stereocenters. The molecule has 0 saturated carbocycles. The van der Waals surface area contributed by atoms with E-state index in [1.807, 2.05) is 26.0 Å². The van der Waals surface area contributed by atoms with Crippen LogP contribution in [0.3, 0.4) is 0 Å². The highest BCUT2D eigenvalue weighted by Gasteiger charge is 2.19. The highest BCUT2D eigenvalue weighted by Crippen LogP contribution is 2.19. The molecule has 0 N–H and O–H groups in total. The molecule has 72 valence electrons. The number of ether oxygens (including phenoxy) is 1. The average molecular weight is 181 g/mol. The van der Waals surface area contributed by atoms with Crippen LogP contribution in [-0.4, -0.2) is 17.6 Å². The first-order valence-corrected chi connectivity index (χ1v) is 4.47. The number of hydrogen-bond acceptors (Lipinski definition) is 2. The summed E-state index contributed by atoms with van der Waals surface area (Å²) in [7, 11) is 0. The molecular weight excluding hydrogens is 166 g/mol. The number of rotatable bonds is 1. The zero-order valence-electron chi connectivity index (χ0n) is 8.33. The van der Waals surface area contributed by atoms with E-state index in [0.29, 0.717) is 6.61 Å². The van der Waals surface area contributed by atoms with Gasteiger partial charge in [-0.3, -0.25) is 4.90 Å². The van der Waals surface area contributed by atoms with Gasteiger partial charge in [-0.25, -0.2) is 4.79 Å². The Hall–Kier alpha value is -1.25. The van der Waals surface area contributed by atoms with Crippen molar-refractivity contribution in [1.82, 2.24) is 4.90 Å². The topological polar surface area (TPSA) is 29.5 Å². The van der Waals surface area contributed by atoms with Crippen molar-refractivity contribution >= 4 is 6.09 Å². The number of amides is 1. The molecular formula is C10H15NO2. The molecule has 0 aromatic rings. The quantitative estimate of drug-likeness (QED) is 0.622. The molecule has 0 saturated heterocycles. The van der Waals surface area contributed by atoms with Gasteiger partial charge in [0.1, 0.15) is 0 Å². The summed E-state index contributed by atoms with van der Waals surface area (Å²) in [5.41, 5.74) is 1.89. The van der Waals surface area contributed by atoms with Gasteiger partial charge in [-0.15, -0.1) is 0 Å². The molecule has 1 heterocycles. The normalized spacial score (nSPS) is 16.4. The van der Waals surface area contributed by atoms with Crippen molar-refractivity contribution < 1.29 is 9.53 Å². The molecule has 0 aromatic heterocycles. The van der Waals surface area contributed by atoms with Gasteiger partial charge in [0.25, 0.3) is 0 Å². The Bertz CT molecular complexity index is 248. The summed E-state index contributed by atoms with van der Waals surface area (Å²) in [6, 6.07) is 0. The third kappa shape index (κ3) is 2.11. The van der Waals surface area contributed by atoms with E-state index < -0.39 is 0 Å². The van der Waals surface area contributed by atoms with Crippen molar-refractivity contribution in [3.63, 3.8) is 0 Å². The lowest BCUT2D eigenvalue weighted by Gasteiger charge is -2.25. The Morgan fingerprint density at radius 2 is 2.00 bits per heavy atom. The van der Waals surface area contributed by atoms with E-state index in [9.17, 15) is 4.79 Å². The second-order valence-corrected chi connectivity index (χ2v) is 2.96. The Kier molecular flexibility index (Phi) is 3.12. The number of allylic oxidation sites excluding steroid dienone is 4. The summed E-state index contributed by atoms with van der Waals surface area (Å²) in [6.07, 6.45) is 4.62. The fourth-order valence-corrected chi connectivity index (χ4v) is 1.34. The van der Waals surface area contributed by atoms with Crippen molar-refractivity contribution in [2.75, 3.05) is 6.61 Å². The van der Waals surface area contributed by atoms with Crippen LogP contribution in [0.5, 0.6) is 0 Å². The molecule has 3 heteroatoms. The predicted molar refractivity (Wildman–Crippen MR) is 51.0 cm³/mol. The van der Waals surface area contributed by atoms with Crippen LogP contribution in [0.2, 0.25) is 0 Å². The highest BCUT2D eigenvalue weighted by atomic mass is 16.6. The summed E-state index contributed by atoms with van der Waals surface area (Å²) >= 11 is 0. The first-order valence-electron chi connectivity index (χ1n) is 4.47. The molecule has 0 atom stereocenters. The van der Waals surface area contributed by atoms with Crippen LogP contribution in [0.25, 0.3) is 0 Å². The number of hydrogen-bond donors (Lipinski definition) is 0. The molecule has 0 aromatic carbocycles. The molecule has 0 spiro atoms. The molecule has 1 amide bonds. The summed E-state index contributed by atoms with van der Waals surface area (Å²) in [5, 5.41) is 0. The van der Waals surface area contributed by atoms with Gasteiger partial charge in [-0.1, -0.05) is 12.2 Å². The standard InChI is InChI=1S/C10H15NO2/c1-4-13-10(12)11-8(2)6-5-7-9(11)3/h6-7H,4-5H2,1-3H3. The first-order chi connectivity index (χ1) is 6.16. The minimum absolute atomic E-state index is 0.287. The van der Waals surface area contributed by atoms with Gasteiger partial charge in [0, 0.05) is 11.4 Å². The molecule has 0 radical (unpaired) electrons. The molecule has 1 rings (SSSR count). The SMILES string of the molecule is CCOC(=O)N1C(C)=CCC=C1C. The van der Waals surface area contributed by atoms with E-state index in [0.717, 1.165) is 17.8 Å². The third-order valence-electron chi connectivity index (χ3n) is 1.98. The fraction of sp³-hybridized carbons (Fsp3) is 0.500. The Morgan fingerprint density at radius 3 is 2.46 bits per heavy atom. The second kappa shape index (κ2) is 4.12. The van der Waals surface area contributed by atoms with E-state index in [2.05, 4.69) is 0 Å². The van der Waals surface area contributed by atoms with Crippen molar-refractivity contribution in [2.45, 2.75) is 27.2 Å². The lowest BCUT2D eigenvalue weighted by Crippen LogP contribution is -2.29. The van der Waals surface area contributed by atoms with Crippen LogP contribution in [0.15, 0.2) is 23.5 Å². The zero-order chi connectivity index (χ0) is 9.84. The molecule has 1 aliphatic heterocycles. The van der Waals surface area contributed by atoms with Gasteiger partial charge in [0.2, 0.25) is 0 Å². The van der Waals surface area contributed by atoms with E-state index in [1.54, 1.807) is 11.8 Å². The molecule has 0 aliphatic carbocycles. The van der Waals surface area contributed by atoms with Gasteiger partial charge in [0.15, 0.2) is 0 Å². The van der Waals surface area contributed by atoms with Crippen LogP contribution in [0, 0.1) is 0 Å². The third-order valence-corrected chi connectivity index (χ3v) is 1.98. The minimum Gasteiger partial charge on any atom is -0.449 e. The number of carbonyl (C=O) groups is 1. The summed E-state index contributed by atoms with van der Waals surface area (Å²) in [4.78, 5) is 13.0. The van der Waals surface area contributed by atoms with Gasteiger partial charge < -0.3 is 4.74 Å². The summed E-state index contributed by atoms with van der Waals surface area (Å²) in [5.74, 6) is 0. The maximum Gasteiger partial charge on any atom is 0.418 e. The van der Waals surface area contributed by atoms with E-state index >= 15 is 0 Å². The lowest BCUT2D eigenvalue weighted by molar-refractivity contribution is 0.127. The van der Waals surface area contributed by atoms with Crippen molar-refractivity contribution in [3.8, 4) is 0 Å². The van der Waals surface area contributed by atoms with Crippen LogP contribution in [-0.2, 0) is 4.74 Å². The van der Waals surface area contributed by atoms with Crippen LogP contribution >= 0.6 is 0 Å². The van der Waals surface area contributed by atoms with Gasteiger partial charge in [-0.05, 0) is 27.2 Å². The van der Waals surface area contributed by atoms with E-state index in [-0.39, 0.29) is 6.09 Å². The molecule has 0 fully saturated rings. The van der Waals surface area contributed by atoms with Crippen LogP contribution in [0.4, 0.5) is 4.79 Å². The fourth-order valence-electron chi connectivity index (χ4n) is 1.34. The van der Waals surface area contributed by atoms with Crippen molar-refractivity contribution in [1.29, 1.82) is 0 Å². The minimum atomic E-state index is -0.287. The molecule has 3 nitrogen and oxygen atoms in total. The molecule has 1 aliphatic rings. The zero-order valence-corrected chi connectivity index (χ0v) is 8.33. The lowest BCUT2D eigenvalue weighted by atomic mass is 10.2. The first kappa shape index (κ1) is 9.84. The van der Waals surface area contributed by atoms with Gasteiger partial charge >= 0.3 is 6.09 Å². The van der Waals surface area contributed by atoms with Crippen molar-refractivity contribution in [3.05, 3.63) is 23.5 Å². The van der Waals surface area contributed by atoms with Crippen molar-refractivity contribution in [2.24, 2.45) is 0 Å². The van der Waals surface area contributed by atoms with Gasteiger partial charge in [-0.2, -0.15) is 0 Å². The Balaban J connectivity index is 2.75. The predicted octanol–water partition coefficient (Wildman–Crippen LogP) is 2.66. The number of carbonyl (C=O) groups excluding carboxylic acids is 1. The Labute approximate surface area is 78.7 Å². The average Bonchev–Trinajstić information content (AvgIpc) is 2.04.